The molecule has 0 fully saturated rings. The van der Waals surface area contributed by atoms with Crippen LogP contribution in [0.25, 0.3) is 0 Å². The summed E-state index contributed by atoms with van der Waals surface area (Å²) in [4.78, 5) is 22.9. The summed E-state index contributed by atoms with van der Waals surface area (Å²) >= 11 is 0. The summed E-state index contributed by atoms with van der Waals surface area (Å²) in [7, 11) is 0. The predicted molar refractivity (Wildman–Crippen MR) is 88.6 cm³/mol. The smallest absolute Gasteiger partial charge is 0.370 e. The molecular weight excluding hydrogens is 332 g/mol. The summed E-state index contributed by atoms with van der Waals surface area (Å²) in [6.07, 6.45) is -1.46. The third-order valence-electron chi connectivity index (χ3n) is 4.25. The molecule has 144 valence electrons. The van der Waals surface area contributed by atoms with Crippen molar-refractivity contribution in [2.75, 3.05) is 6.61 Å². The van der Waals surface area contributed by atoms with Crippen LogP contribution >= 0.6 is 0 Å². The van der Waals surface area contributed by atoms with E-state index in [1.807, 2.05) is 13.8 Å². The van der Waals surface area contributed by atoms with Crippen molar-refractivity contribution in [3.63, 3.8) is 0 Å². The van der Waals surface area contributed by atoms with E-state index in [-0.39, 0.29) is 11.8 Å². The molecule has 0 aromatic carbocycles. The molecule has 0 bridgehead atoms. The number of aliphatic carboxylic acids is 1. The Morgan fingerprint density at radius 1 is 1.28 bits per heavy atom. The van der Waals surface area contributed by atoms with E-state index < -0.39 is 48.9 Å². The molecule has 1 aliphatic heterocycles. The monoisotopic (exact) mass is 360 g/mol. The fraction of sp³-hybridized carbons (Fsp3) is 0.750. The summed E-state index contributed by atoms with van der Waals surface area (Å²) < 4.78 is 5.31. The first kappa shape index (κ1) is 21.4. The molecule has 9 heteroatoms. The molecule has 1 amide bonds. The first-order valence-electron chi connectivity index (χ1n) is 8.36. The third-order valence-corrected chi connectivity index (χ3v) is 4.25. The standard InChI is InChI=1S/C16H28N2O7/c1-4-9(5-2)18-10-6-12(16(23)24)25-15(13(10)17-8(3)20)14(22)11(21)7-19/h6,9-11,13-15,18-19,21-22H,4-5,7H2,1-3H3,(H,17,20)(H,23,24)/t10-,11+,13+,14+,15+/m0/s1. The van der Waals surface area contributed by atoms with Gasteiger partial charge in [-0.15, -0.1) is 0 Å². The normalized spacial score (nSPS) is 25.7. The fourth-order valence-corrected chi connectivity index (χ4v) is 2.82. The van der Waals surface area contributed by atoms with Crippen LogP contribution in [-0.2, 0) is 14.3 Å². The number of aliphatic hydroxyl groups is 3. The fourth-order valence-electron chi connectivity index (χ4n) is 2.82. The van der Waals surface area contributed by atoms with Crippen molar-refractivity contribution in [1.29, 1.82) is 0 Å². The van der Waals surface area contributed by atoms with E-state index in [0.717, 1.165) is 12.8 Å². The zero-order valence-electron chi connectivity index (χ0n) is 14.7. The molecule has 0 saturated heterocycles. The summed E-state index contributed by atoms with van der Waals surface area (Å²) in [6, 6.07) is -1.39. The summed E-state index contributed by atoms with van der Waals surface area (Å²) in [5.41, 5.74) is 0. The topological polar surface area (TPSA) is 148 Å². The van der Waals surface area contributed by atoms with E-state index in [9.17, 15) is 24.9 Å². The quantitative estimate of drug-likeness (QED) is 0.298. The zero-order valence-corrected chi connectivity index (χ0v) is 14.7. The molecule has 0 aliphatic carbocycles. The van der Waals surface area contributed by atoms with Gasteiger partial charge in [-0.3, -0.25) is 4.79 Å². The second-order valence-corrected chi connectivity index (χ2v) is 6.09. The Hall–Kier alpha value is -1.68. The molecule has 5 atom stereocenters. The Bertz CT molecular complexity index is 493. The highest BCUT2D eigenvalue weighted by molar-refractivity contribution is 5.84. The molecule has 1 heterocycles. The van der Waals surface area contributed by atoms with Crippen molar-refractivity contribution >= 4 is 11.9 Å². The second-order valence-electron chi connectivity index (χ2n) is 6.09. The van der Waals surface area contributed by atoms with Gasteiger partial charge >= 0.3 is 5.97 Å². The van der Waals surface area contributed by atoms with Crippen LogP contribution < -0.4 is 10.6 Å². The number of amides is 1. The lowest BCUT2D eigenvalue weighted by Gasteiger charge is -2.41. The average molecular weight is 360 g/mol. The lowest BCUT2D eigenvalue weighted by Crippen LogP contribution is -2.64. The van der Waals surface area contributed by atoms with Crippen LogP contribution in [0.1, 0.15) is 33.6 Å². The van der Waals surface area contributed by atoms with Gasteiger partial charge in [0.25, 0.3) is 0 Å². The Labute approximate surface area is 146 Å². The number of carboxylic acids is 1. The van der Waals surface area contributed by atoms with E-state index in [1.165, 1.54) is 13.0 Å². The molecule has 1 aliphatic rings. The van der Waals surface area contributed by atoms with Crippen molar-refractivity contribution in [2.45, 2.75) is 70.1 Å². The van der Waals surface area contributed by atoms with Crippen LogP contribution in [-0.4, -0.2) is 75.3 Å². The van der Waals surface area contributed by atoms with Gasteiger partial charge in [-0.2, -0.15) is 0 Å². The molecule has 25 heavy (non-hydrogen) atoms. The Kier molecular flexibility index (Phi) is 8.30. The van der Waals surface area contributed by atoms with Crippen LogP contribution in [0.3, 0.4) is 0 Å². The molecule has 9 nitrogen and oxygen atoms in total. The van der Waals surface area contributed by atoms with Gasteiger partial charge in [-0.05, 0) is 18.9 Å². The number of carbonyl (C=O) groups excluding carboxylic acids is 1. The Morgan fingerprint density at radius 2 is 1.88 bits per heavy atom. The number of rotatable bonds is 9. The van der Waals surface area contributed by atoms with Crippen molar-refractivity contribution in [1.82, 2.24) is 10.6 Å². The number of hydrogen-bond donors (Lipinski definition) is 6. The SMILES string of the molecule is CCC(CC)N[C@H]1C=C(C(=O)O)O[C@@H]([C@H](O)[C@H](O)CO)[C@@H]1NC(C)=O. The molecular formula is C16H28N2O7. The Morgan fingerprint density at radius 3 is 2.32 bits per heavy atom. The van der Waals surface area contributed by atoms with Crippen LogP contribution in [0, 0.1) is 0 Å². The molecule has 0 spiro atoms. The van der Waals surface area contributed by atoms with E-state index in [0.29, 0.717) is 0 Å². The lowest BCUT2D eigenvalue weighted by atomic mass is 9.91. The highest BCUT2D eigenvalue weighted by Crippen LogP contribution is 2.24. The molecule has 0 aromatic heterocycles. The van der Waals surface area contributed by atoms with Gasteiger partial charge in [0.05, 0.1) is 18.7 Å². The number of nitrogens with one attached hydrogen (secondary N) is 2. The maximum Gasteiger partial charge on any atom is 0.370 e. The van der Waals surface area contributed by atoms with Gasteiger partial charge < -0.3 is 35.8 Å². The van der Waals surface area contributed by atoms with Gasteiger partial charge in [0.1, 0.15) is 18.3 Å². The minimum atomic E-state index is -1.59. The van der Waals surface area contributed by atoms with Gasteiger partial charge in [-0.25, -0.2) is 4.79 Å². The lowest BCUT2D eigenvalue weighted by molar-refractivity contribution is -0.146. The minimum absolute atomic E-state index is 0.0613. The van der Waals surface area contributed by atoms with Gasteiger partial charge in [0.2, 0.25) is 11.7 Å². The molecule has 0 unspecified atom stereocenters. The molecule has 0 radical (unpaired) electrons. The first-order chi connectivity index (χ1) is 11.7. The maximum atomic E-state index is 11.6. The number of carbonyl (C=O) groups is 2. The zero-order chi connectivity index (χ0) is 19.1. The number of ether oxygens (including phenoxy) is 1. The van der Waals surface area contributed by atoms with E-state index in [4.69, 9.17) is 9.84 Å². The number of aliphatic hydroxyl groups excluding tert-OH is 3. The van der Waals surface area contributed by atoms with Gasteiger partial charge in [0.15, 0.2) is 0 Å². The van der Waals surface area contributed by atoms with Crippen LogP contribution in [0.2, 0.25) is 0 Å². The number of carboxylic acid groups (broad SMARTS) is 1. The summed E-state index contributed by atoms with van der Waals surface area (Å²) in [5, 5.41) is 44.2. The highest BCUT2D eigenvalue weighted by atomic mass is 16.5. The summed E-state index contributed by atoms with van der Waals surface area (Å²) in [6.45, 7) is 4.50. The van der Waals surface area contributed by atoms with E-state index in [2.05, 4.69) is 10.6 Å². The van der Waals surface area contributed by atoms with Crippen molar-refractivity contribution in [3.8, 4) is 0 Å². The van der Waals surface area contributed by atoms with Crippen molar-refractivity contribution in [3.05, 3.63) is 11.8 Å². The van der Waals surface area contributed by atoms with Crippen LogP contribution in [0.4, 0.5) is 0 Å². The minimum Gasteiger partial charge on any atom is -0.478 e. The first-order valence-corrected chi connectivity index (χ1v) is 8.36. The van der Waals surface area contributed by atoms with Crippen molar-refractivity contribution in [2.24, 2.45) is 0 Å². The van der Waals surface area contributed by atoms with Crippen LogP contribution in [0.15, 0.2) is 11.8 Å². The molecule has 0 saturated carbocycles. The van der Waals surface area contributed by atoms with E-state index in [1.54, 1.807) is 0 Å². The summed E-state index contributed by atoms with van der Waals surface area (Å²) in [5.74, 6) is -2.11. The second kappa shape index (κ2) is 9.71. The van der Waals surface area contributed by atoms with Crippen LogP contribution in [0.5, 0.6) is 0 Å². The Balaban J connectivity index is 3.22. The largest absolute Gasteiger partial charge is 0.478 e. The van der Waals surface area contributed by atoms with Gasteiger partial charge in [-0.1, -0.05) is 13.8 Å². The van der Waals surface area contributed by atoms with E-state index >= 15 is 0 Å². The van der Waals surface area contributed by atoms with Crippen molar-refractivity contribution < 1.29 is 34.8 Å². The molecule has 1 rings (SSSR count). The third kappa shape index (κ3) is 5.67. The number of hydrogen-bond acceptors (Lipinski definition) is 7. The average Bonchev–Trinajstić information content (AvgIpc) is 2.58. The maximum absolute atomic E-state index is 11.6. The predicted octanol–water partition coefficient (Wildman–Crippen LogP) is -1.28. The van der Waals surface area contributed by atoms with Gasteiger partial charge in [0, 0.05) is 13.0 Å². The molecule has 6 N–H and O–H groups in total. The molecule has 0 aromatic rings. The highest BCUT2D eigenvalue weighted by Gasteiger charge is 2.43.